The van der Waals surface area contributed by atoms with Gasteiger partial charge in [-0.25, -0.2) is 4.79 Å². The molecule has 1 fully saturated rings. The summed E-state index contributed by atoms with van der Waals surface area (Å²) in [4.78, 5) is 50.9. The molecule has 1 rings (SSSR count). The minimum absolute atomic E-state index is 0.0610. The van der Waals surface area contributed by atoms with Crippen molar-refractivity contribution in [3.05, 3.63) is 48.6 Å². The first-order valence-corrected chi connectivity index (χ1v) is 28.6. The van der Waals surface area contributed by atoms with Crippen LogP contribution in [0.25, 0.3) is 0 Å². The van der Waals surface area contributed by atoms with Crippen molar-refractivity contribution in [1.29, 1.82) is 0 Å². The Morgan fingerprint density at radius 1 is 0.479 bits per heavy atom. The van der Waals surface area contributed by atoms with E-state index in [-0.39, 0.29) is 25.9 Å². The lowest BCUT2D eigenvalue weighted by atomic mass is 9.98. The van der Waals surface area contributed by atoms with Gasteiger partial charge in [0.2, 0.25) is 0 Å². The summed E-state index contributed by atoms with van der Waals surface area (Å²) in [6.07, 6.45) is 43.9. The number of esters is 3. The molecule has 0 saturated carbocycles. The highest BCUT2D eigenvalue weighted by atomic mass is 16.7. The molecule has 410 valence electrons. The second-order valence-corrected chi connectivity index (χ2v) is 19.6. The number of hydrogen-bond donors (Lipinski definition) is 3. The Balaban J connectivity index is 2.67. The number of unbranched alkanes of at least 4 members (excludes halogenated alkanes) is 26. The molecule has 1 aliphatic rings. The van der Waals surface area contributed by atoms with E-state index in [0.717, 1.165) is 83.5 Å². The van der Waals surface area contributed by atoms with Crippen LogP contribution in [-0.4, -0.2) is 89.2 Å². The molecule has 0 aromatic carbocycles. The zero-order chi connectivity index (χ0) is 51.8. The maximum atomic E-state index is 13.0. The number of hydrogen-bond acceptors (Lipinski definition) is 11. The minimum Gasteiger partial charge on any atom is -0.479 e. The van der Waals surface area contributed by atoms with Crippen LogP contribution in [0.5, 0.6) is 0 Å². The average molecular weight is 1000 g/mol. The van der Waals surface area contributed by atoms with E-state index in [0.29, 0.717) is 19.3 Å². The molecule has 6 atom stereocenters. The van der Waals surface area contributed by atoms with E-state index < -0.39 is 67.3 Å². The number of ether oxygens (including phenoxy) is 5. The van der Waals surface area contributed by atoms with E-state index in [1.54, 1.807) is 0 Å². The van der Waals surface area contributed by atoms with Crippen molar-refractivity contribution in [3.63, 3.8) is 0 Å². The van der Waals surface area contributed by atoms with Gasteiger partial charge < -0.3 is 39.0 Å². The lowest BCUT2D eigenvalue weighted by Crippen LogP contribution is -2.61. The van der Waals surface area contributed by atoms with E-state index in [1.807, 2.05) is 0 Å². The van der Waals surface area contributed by atoms with Crippen LogP contribution in [0.2, 0.25) is 0 Å². The van der Waals surface area contributed by atoms with Gasteiger partial charge in [0.05, 0.1) is 6.61 Å². The molecule has 0 bridgehead atoms. The van der Waals surface area contributed by atoms with Crippen molar-refractivity contribution in [3.8, 4) is 0 Å². The molecule has 12 nitrogen and oxygen atoms in total. The molecule has 71 heavy (non-hydrogen) atoms. The Labute approximate surface area is 431 Å². The first-order valence-electron chi connectivity index (χ1n) is 28.6. The molecule has 0 amide bonds. The van der Waals surface area contributed by atoms with Gasteiger partial charge >= 0.3 is 23.9 Å². The highest BCUT2D eigenvalue weighted by Crippen LogP contribution is 2.26. The normalized spacial score (nSPS) is 18.8. The summed E-state index contributed by atoms with van der Waals surface area (Å²) in [5.41, 5.74) is 0. The number of rotatable bonds is 48. The number of aliphatic hydroxyl groups excluding tert-OH is 2. The Hall–Kier alpha value is -3.32. The SMILES string of the molecule is CC/C=C\C/C=C\C/C=C\C/C=C\CCCCC(=O)OCC(COC1OC(C(=O)O)C(O)C(O)C1OC(=O)CCCCCCCCCCCCCCCCCCC)OC(=O)CCCCCCCCCCC. The van der Waals surface area contributed by atoms with Crippen LogP contribution in [0.15, 0.2) is 48.6 Å². The van der Waals surface area contributed by atoms with Gasteiger partial charge in [-0.3, -0.25) is 14.4 Å². The van der Waals surface area contributed by atoms with Crippen LogP contribution < -0.4 is 0 Å². The van der Waals surface area contributed by atoms with Crippen molar-refractivity contribution in [2.75, 3.05) is 13.2 Å². The molecule has 3 N–H and O–H groups in total. The third kappa shape index (κ3) is 38.0. The zero-order valence-corrected chi connectivity index (χ0v) is 45.0. The molecule has 1 aliphatic heterocycles. The molecular weight excluding hydrogens is 901 g/mol. The average Bonchev–Trinajstić information content (AvgIpc) is 3.35. The highest BCUT2D eigenvalue weighted by Gasteiger charge is 2.50. The number of aliphatic carboxylic acids is 1. The van der Waals surface area contributed by atoms with E-state index >= 15 is 0 Å². The molecule has 6 unspecified atom stereocenters. The van der Waals surface area contributed by atoms with Gasteiger partial charge in [-0.1, -0.05) is 223 Å². The van der Waals surface area contributed by atoms with Gasteiger partial charge in [0.15, 0.2) is 24.6 Å². The summed E-state index contributed by atoms with van der Waals surface area (Å²) in [6.45, 7) is 5.82. The van der Waals surface area contributed by atoms with Gasteiger partial charge in [0.25, 0.3) is 0 Å². The molecule has 0 spiro atoms. The third-order valence-electron chi connectivity index (χ3n) is 12.9. The first-order chi connectivity index (χ1) is 34.6. The number of carbonyl (C=O) groups is 4. The number of carboxylic acids is 1. The van der Waals surface area contributed by atoms with Gasteiger partial charge in [0, 0.05) is 19.3 Å². The van der Waals surface area contributed by atoms with Crippen LogP contribution in [-0.2, 0) is 42.9 Å². The molecule has 1 saturated heterocycles. The fourth-order valence-corrected chi connectivity index (χ4v) is 8.54. The summed E-state index contributed by atoms with van der Waals surface area (Å²) in [5, 5.41) is 31.4. The van der Waals surface area contributed by atoms with Crippen molar-refractivity contribution in [2.24, 2.45) is 0 Å². The van der Waals surface area contributed by atoms with Crippen molar-refractivity contribution >= 4 is 23.9 Å². The van der Waals surface area contributed by atoms with Crippen molar-refractivity contribution in [1.82, 2.24) is 0 Å². The smallest absolute Gasteiger partial charge is 0.335 e. The van der Waals surface area contributed by atoms with E-state index in [9.17, 15) is 34.5 Å². The fourth-order valence-electron chi connectivity index (χ4n) is 8.54. The van der Waals surface area contributed by atoms with E-state index in [2.05, 4.69) is 69.4 Å². The Morgan fingerprint density at radius 3 is 1.35 bits per heavy atom. The highest BCUT2D eigenvalue weighted by molar-refractivity contribution is 5.74. The topological polar surface area (TPSA) is 175 Å². The lowest BCUT2D eigenvalue weighted by molar-refractivity contribution is -0.301. The molecular formula is C59H102O12. The maximum Gasteiger partial charge on any atom is 0.335 e. The van der Waals surface area contributed by atoms with Crippen LogP contribution in [0.4, 0.5) is 0 Å². The lowest BCUT2D eigenvalue weighted by Gasteiger charge is -2.40. The molecule has 0 aromatic heterocycles. The molecule has 1 heterocycles. The second kappa shape index (κ2) is 47.7. The largest absolute Gasteiger partial charge is 0.479 e. The third-order valence-corrected chi connectivity index (χ3v) is 12.9. The van der Waals surface area contributed by atoms with Crippen LogP contribution >= 0.6 is 0 Å². The molecule has 0 aromatic rings. The van der Waals surface area contributed by atoms with Gasteiger partial charge in [-0.05, 0) is 57.8 Å². The van der Waals surface area contributed by atoms with Gasteiger partial charge in [0.1, 0.15) is 18.8 Å². The Bertz CT molecular complexity index is 1420. The monoisotopic (exact) mass is 1000 g/mol. The predicted octanol–water partition coefficient (Wildman–Crippen LogP) is 14.2. The van der Waals surface area contributed by atoms with Crippen LogP contribution in [0.3, 0.4) is 0 Å². The second-order valence-electron chi connectivity index (χ2n) is 19.6. The summed E-state index contributed by atoms with van der Waals surface area (Å²) in [6, 6.07) is 0. The number of carboxylic acid groups (broad SMARTS) is 1. The van der Waals surface area contributed by atoms with Gasteiger partial charge in [-0.2, -0.15) is 0 Å². The Kier molecular flexibility index (Phi) is 44.1. The zero-order valence-electron chi connectivity index (χ0n) is 45.0. The number of carbonyl (C=O) groups excluding carboxylic acids is 3. The van der Waals surface area contributed by atoms with Crippen LogP contribution in [0.1, 0.15) is 252 Å². The van der Waals surface area contributed by atoms with E-state index in [4.69, 9.17) is 23.7 Å². The fraction of sp³-hybridized carbons (Fsp3) is 0.797. The molecule has 12 heteroatoms. The maximum absolute atomic E-state index is 13.0. The predicted molar refractivity (Wildman–Crippen MR) is 285 cm³/mol. The summed E-state index contributed by atoms with van der Waals surface area (Å²) in [7, 11) is 0. The molecule has 0 radical (unpaired) electrons. The van der Waals surface area contributed by atoms with Crippen LogP contribution in [0, 0.1) is 0 Å². The Morgan fingerprint density at radius 2 is 0.887 bits per heavy atom. The minimum atomic E-state index is -1.90. The number of allylic oxidation sites excluding steroid dienone is 8. The standard InChI is InChI=1S/C59H102O12/c1-4-7-10-13-16-19-21-23-25-26-28-30-32-35-38-41-44-47-53(62)70-57-55(64)54(63)56(58(65)66)71-59(57)68-49-50(69-52(61)46-43-40-37-33-18-15-12-9-6-3)48-67-51(60)45-42-39-36-34-31-29-27-24-22-20-17-14-11-8-5-2/h8,11,17,20,24,27,31,34,50,54-57,59,63-64H,4-7,9-10,12-16,18-19,21-23,25-26,28-30,32-33,35-49H2,1-3H3,(H,65,66)/b11-8-,20-17-,27-24-,34-31-. The molecule has 0 aliphatic carbocycles. The quantitative estimate of drug-likeness (QED) is 0.0228. The van der Waals surface area contributed by atoms with E-state index in [1.165, 1.54) is 109 Å². The van der Waals surface area contributed by atoms with Crippen molar-refractivity contribution < 1.29 is 58.2 Å². The van der Waals surface area contributed by atoms with Crippen molar-refractivity contribution in [2.45, 2.75) is 289 Å². The number of aliphatic hydroxyl groups is 2. The summed E-state index contributed by atoms with van der Waals surface area (Å²) >= 11 is 0. The summed E-state index contributed by atoms with van der Waals surface area (Å²) in [5.74, 6) is -3.16. The summed E-state index contributed by atoms with van der Waals surface area (Å²) < 4.78 is 28.3. The first kappa shape index (κ1) is 65.7. The van der Waals surface area contributed by atoms with Gasteiger partial charge in [-0.15, -0.1) is 0 Å².